The molecule has 0 fully saturated rings. The van der Waals surface area contributed by atoms with Crippen molar-refractivity contribution in [1.82, 2.24) is 20.1 Å². The van der Waals surface area contributed by atoms with Crippen LogP contribution in [0.5, 0.6) is 0 Å². The van der Waals surface area contributed by atoms with E-state index in [0.29, 0.717) is 5.92 Å². The van der Waals surface area contributed by atoms with Gasteiger partial charge in [-0.1, -0.05) is 42.5 Å². The highest BCUT2D eigenvalue weighted by Gasteiger charge is 2.18. The Bertz CT molecular complexity index is 559. The molecule has 0 aliphatic carbocycles. The smallest absolute Gasteiger partial charge is 0.132 e. The Kier molecular flexibility index (Phi) is 4.23. The topological polar surface area (TPSA) is 42.7 Å². The van der Waals surface area contributed by atoms with Crippen LogP contribution in [0.1, 0.15) is 17.8 Å². The minimum absolute atomic E-state index is 0.684. The number of aryl methyl sites for hydroxylation is 1. The molecule has 4 heteroatoms. The lowest BCUT2D eigenvalue weighted by atomic mass is 9.99. The van der Waals surface area contributed by atoms with Crippen LogP contribution in [0.4, 0.5) is 0 Å². The van der Waals surface area contributed by atoms with E-state index in [4.69, 9.17) is 0 Å². The Morgan fingerprint density at radius 3 is 3.10 bits per heavy atom. The van der Waals surface area contributed by atoms with Crippen LogP contribution in [0.15, 0.2) is 42.7 Å². The summed E-state index contributed by atoms with van der Waals surface area (Å²) < 4.78 is 2.18. The van der Waals surface area contributed by atoms with E-state index in [1.807, 2.05) is 12.4 Å². The molecule has 4 nitrogen and oxygen atoms in total. The third-order valence-electron chi connectivity index (χ3n) is 3.73. The Hall–Kier alpha value is -1.94. The van der Waals surface area contributed by atoms with Gasteiger partial charge < -0.3 is 9.88 Å². The molecule has 1 N–H and O–H groups in total. The average Bonchev–Trinajstić information content (AvgIpc) is 2.95. The monoisotopic (exact) mass is 268 g/mol. The minimum Gasteiger partial charge on any atom is -0.317 e. The molecule has 0 saturated carbocycles. The molecule has 20 heavy (non-hydrogen) atoms. The second-order valence-corrected chi connectivity index (χ2v) is 5.28. The largest absolute Gasteiger partial charge is 0.317 e. The Morgan fingerprint density at radius 2 is 2.20 bits per heavy atom. The zero-order chi connectivity index (χ0) is 13.6. The highest BCUT2D eigenvalue weighted by Crippen LogP contribution is 2.16. The predicted octanol–water partition coefficient (Wildman–Crippen LogP) is 2.14. The number of aromatic nitrogens is 3. The van der Waals surface area contributed by atoms with Crippen LogP contribution in [0.2, 0.25) is 0 Å². The number of rotatable bonds is 5. The van der Waals surface area contributed by atoms with E-state index in [-0.39, 0.29) is 0 Å². The summed E-state index contributed by atoms with van der Waals surface area (Å²) in [6, 6.07) is 10.4. The maximum atomic E-state index is 4.12. The van der Waals surface area contributed by atoms with E-state index in [9.17, 15) is 0 Å². The Balaban J connectivity index is 1.40. The van der Waals surface area contributed by atoms with Crippen LogP contribution < -0.4 is 5.32 Å². The molecule has 0 amide bonds. The van der Waals surface area contributed by atoms with Crippen molar-refractivity contribution in [2.45, 2.75) is 19.4 Å². The highest BCUT2D eigenvalue weighted by molar-refractivity contribution is 5.48. The van der Waals surface area contributed by atoms with E-state index in [1.165, 1.54) is 12.0 Å². The van der Waals surface area contributed by atoms with Crippen molar-refractivity contribution in [1.29, 1.82) is 0 Å². The molecule has 104 valence electrons. The summed E-state index contributed by atoms with van der Waals surface area (Å²) in [6.45, 7) is 3.01. The molecule has 1 atom stereocenters. The van der Waals surface area contributed by atoms with Gasteiger partial charge in [0.25, 0.3) is 0 Å². The summed E-state index contributed by atoms with van der Waals surface area (Å²) in [5, 5.41) is 11.6. The van der Waals surface area contributed by atoms with Gasteiger partial charge >= 0.3 is 0 Å². The molecule has 0 unspecified atom stereocenters. The first-order valence-corrected chi connectivity index (χ1v) is 7.21. The molecule has 1 aromatic carbocycles. The first-order chi connectivity index (χ1) is 9.92. The summed E-state index contributed by atoms with van der Waals surface area (Å²) in [5.41, 5.74) is 1.25. The van der Waals surface area contributed by atoms with E-state index in [1.54, 1.807) is 0 Å². The highest BCUT2D eigenvalue weighted by atomic mass is 15.3. The fourth-order valence-electron chi connectivity index (χ4n) is 2.62. The third kappa shape index (κ3) is 3.33. The lowest BCUT2D eigenvalue weighted by molar-refractivity contribution is 0.352. The van der Waals surface area contributed by atoms with Gasteiger partial charge in [-0.2, -0.15) is 0 Å². The van der Waals surface area contributed by atoms with E-state index in [2.05, 4.69) is 56.5 Å². The molecule has 2 heterocycles. The SMILES string of the molecule is C(=C/c1ccccc1)/CNC[C@@H]1CCc2nncn2C1. The third-order valence-corrected chi connectivity index (χ3v) is 3.73. The van der Waals surface area contributed by atoms with Gasteiger partial charge in [-0.05, 0) is 24.4 Å². The summed E-state index contributed by atoms with van der Waals surface area (Å²) in [7, 11) is 0. The first kappa shape index (κ1) is 13.1. The summed E-state index contributed by atoms with van der Waals surface area (Å²) in [4.78, 5) is 0. The molecule has 1 aliphatic rings. The maximum Gasteiger partial charge on any atom is 0.132 e. The van der Waals surface area contributed by atoms with Gasteiger partial charge in [-0.3, -0.25) is 0 Å². The quantitative estimate of drug-likeness (QED) is 0.845. The lowest BCUT2D eigenvalue weighted by Gasteiger charge is -2.22. The molecule has 0 saturated heterocycles. The van der Waals surface area contributed by atoms with Crippen molar-refractivity contribution < 1.29 is 0 Å². The van der Waals surface area contributed by atoms with Gasteiger partial charge in [0, 0.05) is 19.5 Å². The molecule has 0 spiro atoms. The Labute approximate surface area is 119 Å². The predicted molar refractivity (Wildman–Crippen MR) is 80.2 cm³/mol. The van der Waals surface area contributed by atoms with E-state index < -0.39 is 0 Å². The number of nitrogens with zero attached hydrogens (tertiary/aromatic N) is 3. The van der Waals surface area contributed by atoms with Crippen molar-refractivity contribution in [3.8, 4) is 0 Å². The molecule has 3 rings (SSSR count). The average molecular weight is 268 g/mol. The number of nitrogens with one attached hydrogen (secondary N) is 1. The van der Waals surface area contributed by atoms with Crippen LogP contribution in [-0.4, -0.2) is 27.9 Å². The van der Waals surface area contributed by atoms with Crippen LogP contribution in [-0.2, 0) is 13.0 Å². The second-order valence-electron chi connectivity index (χ2n) is 5.28. The molecule has 2 aromatic rings. The van der Waals surface area contributed by atoms with Crippen LogP contribution in [0, 0.1) is 5.92 Å². The lowest BCUT2D eigenvalue weighted by Crippen LogP contribution is -2.30. The molecular formula is C16H20N4. The summed E-state index contributed by atoms with van der Waals surface area (Å²) in [5.74, 6) is 1.81. The Morgan fingerprint density at radius 1 is 1.30 bits per heavy atom. The van der Waals surface area contributed by atoms with Crippen LogP contribution in [0.25, 0.3) is 6.08 Å². The van der Waals surface area contributed by atoms with Gasteiger partial charge in [0.15, 0.2) is 0 Å². The standard InChI is InChI=1S/C16H20N4/c1-2-5-14(6-3-1)7-4-10-17-11-15-8-9-16-19-18-13-20(16)12-15/h1-7,13,15,17H,8-12H2/b7-4-/t15-/m0/s1. The van der Waals surface area contributed by atoms with Gasteiger partial charge in [-0.25, -0.2) is 0 Å². The fourth-order valence-corrected chi connectivity index (χ4v) is 2.62. The number of fused-ring (bicyclic) bond motifs is 1. The first-order valence-electron chi connectivity index (χ1n) is 7.21. The van der Waals surface area contributed by atoms with Gasteiger partial charge in [0.2, 0.25) is 0 Å². The zero-order valence-corrected chi connectivity index (χ0v) is 11.6. The molecular weight excluding hydrogens is 248 g/mol. The summed E-state index contributed by atoms with van der Waals surface area (Å²) >= 11 is 0. The molecule has 1 aromatic heterocycles. The van der Waals surface area contributed by atoms with Crippen molar-refractivity contribution in [3.05, 3.63) is 54.1 Å². The number of hydrogen-bond acceptors (Lipinski definition) is 3. The maximum absolute atomic E-state index is 4.12. The number of hydrogen-bond donors (Lipinski definition) is 1. The van der Waals surface area contributed by atoms with Crippen LogP contribution in [0.3, 0.4) is 0 Å². The zero-order valence-electron chi connectivity index (χ0n) is 11.6. The van der Waals surface area contributed by atoms with Gasteiger partial charge in [-0.15, -0.1) is 10.2 Å². The molecule has 1 aliphatic heterocycles. The van der Waals surface area contributed by atoms with E-state index in [0.717, 1.165) is 31.9 Å². The van der Waals surface area contributed by atoms with Crippen molar-refractivity contribution >= 4 is 6.08 Å². The normalized spacial score (nSPS) is 18.3. The van der Waals surface area contributed by atoms with Crippen molar-refractivity contribution in [2.75, 3.05) is 13.1 Å². The van der Waals surface area contributed by atoms with Gasteiger partial charge in [0.1, 0.15) is 12.2 Å². The second kappa shape index (κ2) is 6.48. The molecule has 0 radical (unpaired) electrons. The fraction of sp³-hybridized carbons (Fsp3) is 0.375. The minimum atomic E-state index is 0.684. The van der Waals surface area contributed by atoms with Crippen molar-refractivity contribution in [3.63, 3.8) is 0 Å². The van der Waals surface area contributed by atoms with Crippen molar-refractivity contribution in [2.24, 2.45) is 5.92 Å². The van der Waals surface area contributed by atoms with Crippen LogP contribution >= 0.6 is 0 Å². The van der Waals surface area contributed by atoms with E-state index >= 15 is 0 Å². The number of benzene rings is 1. The molecule has 0 bridgehead atoms. The van der Waals surface area contributed by atoms with Gasteiger partial charge in [0.05, 0.1) is 0 Å². The summed E-state index contributed by atoms with van der Waals surface area (Å²) in [6.07, 6.45) is 8.44.